The second-order valence-electron chi connectivity index (χ2n) is 3.29. The molecule has 1 rings (SSSR count). The first kappa shape index (κ1) is 10.6. The maximum Gasteiger partial charge on any atom is 0.339 e. The molecule has 0 aliphatic carbocycles. The van der Waals surface area contributed by atoms with Gasteiger partial charge in [-0.3, -0.25) is 0 Å². The molecule has 0 bridgehead atoms. The zero-order chi connectivity index (χ0) is 10.9. The van der Waals surface area contributed by atoms with Crippen LogP contribution in [0.15, 0.2) is 12.1 Å². The Balaban J connectivity index is 3.45. The number of rotatable bonds is 2. The molecule has 0 aliphatic heterocycles. The normalized spacial score (nSPS) is 10.6. The molecule has 0 spiro atoms. The molecule has 14 heavy (non-hydrogen) atoms. The van der Waals surface area contributed by atoms with E-state index in [0.717, 1.165) is 6.07 Å². The molecule has 1 N–H and O–H groups in total. The van der Waals surface area contributed by atoms with Crippen molar-refractivity contribution in [2.75, 3.05) is 0 Å². The summed E-state index contributed by atoms with van der Waals surface area (Å²) in [6.45, 7) is 3.44. The molecule has 0 heterocycles. The zero-order valence-electron chi connectivity index (χ0n) is 7.84. The Labute approximate surface area is 80.2 Å². The molecule has 76 valence electrons. The first-order valence-electron chi connectivity index (χ1n) is 4.16. The van der Waals surface area contributed by atoms with Gasteiger partial charge in [-0.25, -0.2) is 13.6 Å². The second-order valence-corrected chi connectivity index (χ2v) is 3.29. The maximum atomic E-state index is 13.1. The van der Waals surface area contributed by atoms with E-state index in [4.69, 9.17) is 5.11 Å². The highest BCUT2D eigenvalue weighted by Gasteiger charge is 2.20. The second kappa shape index (κ2) is 3.74. The Kier molecular flexibility index (Phi) is 2.84. The summed E-state index contributed by atoms with van der Waals surface area (Å²) in [7, 11) is 0. The highest BCUT2D eigenvalue weighted by molar-refractivity contribution is 5.90. The van der Waals surface area contributed by atoms with Crippen molar-refractivity contribution >= 4 is 5.97 Å². The van der Waals surface area contributed by atoms with E-state index in [1.165, 1.54) is 6.07 Å². The lowest BCUT2D eigenvalue weighted by Crippen LogP contribution is -2.08. The van der Waals surface area contributed by atoms with Gasteiger partial charge in [0.2, 0.25) is 0 Å². The first-order valence-corrected chi connectivity index (χ1v) is 4.16. The number of carboxylic acid groups (broad SMARTS) is 1. The molecule has 0 fully saturated rings. The molecule has 1 aromatic carbocycles. The average molecular weight is 200 g/mol. The molecule has 2 nitrogen and oxygen atoms in total. The summed E-state index contributed by atoms with van der Waals surface area (Å²) in [6, 6.07) is 2.24. The van der Waals surface area contributed by atoms with E-state index in [1.54, 1.807) is 13.8 Å². The number of aromatic carboxylic acids is 1. The summed E-state index contributed by atoms with van der Waals surface area (Å²) in [5.74, 6) is -4.02. The van der Waals surface area contributed by atoms with Crippen LogP contribution in [-0.2, 0) is 0 Å². The predicted octanol–water partition coefficient (Wildman–Crippen LogP) is 2.79. The van der Waals surface area contributed by atoms with Crippen LogP contribution in [0.5, 0.6) is 0 Å². The van der Waals surface area contributed by atoms with E-state index in [2.05, 4.69) is 0 Å². The molecule has 0 saturated heterocycles. The van der Waals surface area contributed by atoms with Gasteiger partial charge in [-0.2, -0.15) is 0 Å². The van der Waals surface area contributed by atoms with Gasteiger partial charge < -0.3 is 5.11 Å². The first-order chi connectivity index (χ1) is 6.45. The average Bonchev–Trinajstić information content (AvgIpc) is 2.08. The van der Waals surface area contributed by atoms with Crippen molar-refractivity contribution in [3.8, 4) is 0 Å². The summed E-state index contributed by atoms with van der Waals surface area (Å²) < 4.78 is 25.9. The number of benzene rings is 1. The van der Waals surface area contributed by atoms with Crippen molar-refractivity contribution < 1.29 is 18.7 Å². The fourth-order valence-corrected chi connectivity index (χ4v) is 1.26. The molecule has 0 atom stereocenters. The third-order valence-corrected chi connectivity index (χ3v) is 1.96. The summed E-state index contributed by atoms with van der Waals surface area (Å²) >= 11 is 0. The van der Waals surface area contributed by atoms with Crippen LogP contribution in [0.3, 0.4) is 0 Å². The fourth-order valence-electron chi connectivity index (χ4n) is 1.26. The molecule has 1 aromatic rings. The van der Waals surface area contributed by atoms with Crippen LogP contribution >= 0.6 is 0 Å². The molecule has 0 aromatic heterocycles. The Hall–Kier alpha value is -1.45. The molecule has 0 radical (unpaired) electrons. The highest BCUT2D eigenvalue weighted by Crippen LogP contribution is 2.23. The van der Waals surface area contributed by atoms with Crippen molar-refractivity contribution in [1.29, 1.82) is 0 Å². The molecule has 0 saturated carbocycles. The SMILES string of the molecule is CC(C)c1ccc(F)c(F)c1C(=O)O. The largest absolute Gasteiger partial charge is 0.478 e. The zero-order valence-corrected chi connectivity index (χ0v) is 7.84. The van der Waals surface area contributed by atoms with Crippen molar-refractivity contribution in [2.24, 2.45) is 0 Å². The van der Waals surface area contributed by atoms with Crippen LogP contribution in [0.25, 0.3) is 0 Å². The smallest absolute Gasteiger partial charge is 0.339 e. The minimum Gasteiger partial charge on any atom is -0.478 e. The van der Waals surface area contributed by atoms with Crippen LogP contribution in [0.2, 0.25) is 0 Å². The fraction of sp³-hybridized carbons (Fsp3) is 0.300. The van der Waals surface area contributed by atoms with E-state index >= 15 is 0 Å². The minimum absolute atomic E-state index is 0.156. The van der Waals surface area contributed by atoms with Crippen LogP contribution < -0.4 is 0 Å². The summed E-state index contributed by atoms with van der Waals surface area (Å²) in [4.78, 5) is 10.7. The van der Waals surface area contributed by atoms with Gasteiger partial charge in [-0.05, 0) is 17.5 Å². The molecule has 0 amide bonds. The topological polar surface area (TPSA) is 37.3 Å². The van der Waals surface area contributed by atoms with Crippen LogP contribution in [0.4, 0.5) is 8.78 Å². The van der Waals surface area contributed by atoms with Gasteiger partial charge in [-0.15, -0.1) is 0 Å². The predicted molar refractivity (Wildman–Crippen MR) is 47.4 cm³/mol. The van der Waals surface area contributed by atoms with Gasteiger partial charge in [0.1, 0.15) is 5.56 Å². The van der Waals surface area contributed by atoms with Gasteiger partial charge in [-0.1, -0.05) is 19.9 Å². The Morgan fingerprint density at radius 1 is 1.36 bits per heavy atom. The molecule has 0 aliphatic rings. The van der Waals surface area contributed by atoms with Crippen LogP contribution in [-0.4, -0.2) is 11.1 Å². The van der Waals surface area contributed by atoms with E-state index in [9.17, 15) is 13.6 Å². The van der Waals surface area contributed by atoms with E-state index < -0.39 is 23.2 Å². The molecule has 4 heteroatoms. The number of carbonyl (C=O) groups is 1. The number of hydrogen-bond donors (Lipinski definition) is 1. The third-order valence-electron chi connectivity index (χ3n) is 1.96. The van der Waals surface area contributed by atoms with E-state index in [1.807, 2.05) is 0 Å². The quantitative estimate of drug-likeness (QED) is 0.796. The Bertz CT molecular complexity index is 373. The third kappa shape index (κ3) is 1.73. The maximum absolute atomic E-state index is 13.1. The minimum atomic E-state index is -1.44. The monoisotopic (exact) mass is 200 g/mol. The van der Waals surface area contributed by atoms with E-state index in [-0.39, 0.29) is 5.92 Å². The van der Waals surface area contributed by atoms with Gasteiger partial charge in [0, 0.05) is 0 Å². The van der Waals surface area contributed by atoms with Crippen molar-refractivity contribution in [3.63, 3.8) is 0 Å². The van der Waals surface area contributed by atoms with Crippen molar-refractivity contribution in [3.05, 3.63) is 34.9 Å². The van der Waals surface area contributed by atoms with Crippen LogP contribution in [0, 0.1) is 11.6 Å². The summed E-state index contributed by atoms with van der Waals surface area (Å²) in [5, 5.41) is 8.71. The number of halogens is 2. The van der Waals surface area contributed by atoms with Gasteiger partial charge in [0.05, 0.1) is 0 Å². The highest BCUT2D eigenvalue weighted by atomic mass is 19.2. The van der Waals surface area contributed by atoms with E-state index in [0.29, 0.717) is 5.56 Å². The summed E-state index contributed by atoms with van der Waals surface area (Å²) in [6.07, 6.45) is 0. The van der Waals surface area contributed by atoms with Crippen molar-refractivity contribution in [2.45, 2.75) is 19.8 Å². The molecular weight excluding hydrogens is 190 g/mol. The summed E-state index contributed by atoms with van der Waals surface area (Å²) in [5.41, 5.74) is -0.267. The lowest BCUT2D eigenvalue weighted by molar-refractivity contribution is 0.0689. The Morgan fingerprint density at radius 2 is 1.93 bits per heavy atom. The standard InChI is InChI=1S/C10H10F2O2/c1-5(2)6-3-4-7(11)9(12)8(6)10(13)14/h3-5H,1-2H3,(H,13,14). The Morgan fingerprint density at radius 3 is 2.36 bits per heavy atom. The molecular formula is C10H10F2O2. The molecule has 0 unspecified atom stereocenters. The van der Waals surface area contributed by atoms with Crippen molar-refractivity contribution in [1.82, 2.24) is 0 Å². The van der Waals surface area contributed by atoms with Gasteiger partial charge >= 0.3 is 5.97 Å². The van der Waals surface area contributed by atoms with Gasteiger partial charge in [0.15, 0.2) is 11.6 Å². The van der Waals surface area contributed by atoms with Crippen LogP contribution in [0.1, 0.15) is 35.7 Å². The van der Waals surface area contributed by atoms with Gasteiger partial charge in [0.25, 0.3) is 0 Å². The number of carboxylic acids is 1. The lowest BCUT2D eigenvalue weighted by Gasteiger charge is -2.10. The lowest BCUT2D eigenvalue weighted by atomic mass is 9.96. The number of hydrogen-bond acceptors (Lipinski definition) is 1.